The molecule has 0 radical (unpaired) electrons. The maximum absolute atomic E-state index is 11.4. The summed E-state index contributed by atoms with van der Waals surface area (Å²) in [5.41, 5.74) is 3.63. The van der Waals surface area contributed by atoms with Gasteiger partial charge < -0.3 is 14.6 Å². The Hall–Kier alpha value is -2.23. The van der Waals surface area contributed by atoms with Crippen LogP contribution in [0.5, 0.6) is 5.75 Å². The van der Waals surface area contributed by atoms with Crippen LogP contribution in [-0.4, -0.2) is 11.7 Å². The van der Waals surface area contributed by atoms with E-state index in [-0.39, 0.29) is 11.6 Å². The Morgan fingerprint density at radius 3 is 2.90 bits per heavy atom. The quantitative estimate of drug-likeness (QED) is 0.932. The first-order valence-electron chi connectivity index (χ1n) is 6.77. The van der Waals surface area contributed by atoms with Crippen LogP contribution in [0.2, 0.25) is 0 Å². The number of aryl methyl sites for hydroxylation is 2. The summed E-state index contributed by atoms with van der Waals surface area (Å²) in [6.07, 6.45) is 3.97. The van der Waals surface area contributed by atoms with Gasteiger partial charge in [-0.2, -0.15) is 0 Å². The summed E-state index contributed by atoms with van der Waals surface area (Å²) in [4.78, 5) is 11.4. The fraction of sp³-hybridized carbons (Fsp3) is 0.312. The predicted molar refractivity (Wildman–Crippen MR) is 79.4 cm³/mol. The highest BCUT2D eigenvalue weighted by Gasteiger charge is 2.22. The lowest BCUT2D eigenvalue weighted by molar-refractivity contribution is 0.414. The molecule has 3 rings (SSSR count). The lowest BCUT2D eigenvalue weighted by atomic mass is 10.1. The molecule has 0 aliphatic heterocycles. The van der Waals surface area contributed by atoms with Crippen molar-refractivity contribution in [3.8, 4) is 5.75 Å². The molecule has 1 atom stereocenters. The first kappa shape index (κ1) is 12.8. The van der Waals surface area contributed by atoms with Gasteiger partial charge in [-0.15, -0.1) is 0 Å². The molecule has 1 aromatic carbocycles. The van der Waals surface area contributed by atoms with Crippen molar-refractivity contribution in [2.45, 2.75) is 18.9 Å². The lowest BCUT2D eigenvalue weighted by Gasteiger charge is -2.16. The molecule has 1 aliphatic rings. The van der Waals surface area contributed by atoms with Crippen molar-refractivity contribution in [1.29, 1.82) is 0 Å². The number of rotatable bonds is 3. The lowest BCUT2D eigenvalue weighted by Crippen LogP contribution is -2.16. The van der Waals surface area contributed by atoms with Crippen LogP contribution in [0, 0.1) is 0 Å². The van der Waals surface area contributed by atoms with Crippen molar-refractivity contribution < 1.29 is 4.74 Å². The second kappa shape index (κ2) is 5.04. The molecule has 2 aromatic rings. The zero-order valence-corrected chi connectivity index (χ0v) is 11.7. The molecule has 0 fully saturated rings. The summed E-state index contributed by atoms with van der Waals surface area (Å²) in [7, 11) is 3.45. The van der Waals surface area contributed by atoms with E-state index in [1.807, 2.05) is 18.3 Å². The average molecular weight is 270 g/mol. The van der Waals surface area contributed by atoms with Crippen LogP contribution in [0.1, 0.15) is 23.6 Å². The van der Waals surface area contributed by atoms with Gasteiger partial charge in [0, 0.05) is 19.3 Å². The second-order valence-corrected chi connectivity index (χ2v) is 5.17. The number of nitrogens with one attached hydrogen (secondary N) is 1. The summed E-state index contributed by atoms with van der Waals surface area (Å²) in [6, 6.07) is 9.94. The highest BCUT2D eigenvalue weighted by Crippen LogP contribution is 2.35. The van der Waals surface area contributed by atoms with Crippen LogP contribution in [0.4, 0.5) is 5.69 Å². The van der Waals surface area contributed by atoms with E-state index in [4.69, 9.17) is 4.74 Å². The molecule has 0 saturated heterocycles. The molecule has 1 heterocycles. The molecule has 1 unspecified atom stereocenters. The summed E-state index contributed by atoms with van der Waals surface area (Å²) >= 11 is 0. The first-order chi connectivity index (χ1) is 9.67. The molecule has 1 aliphatic carbocycles. The second-order valence-electron chi connectivity index (χ2n) is 5.17. The molecule has 4 heteroatoms. The Kier molecular flexibility index (Phi) is 3.22. The van der Waals surface area contributed by atoms with E-state index in [2.05, 4.69) is 17.4 Å². The molecule has 0 bridgehead atoms. The van der Waals surface area contributed by atoms with Crippen molar-refractivity contribution >= 4 is 5.69 Å². The van der Waals surface area contributed by atoms with E-state index in [9.17, 15) is 4.79 Å². The van der Waals surface area contributed by atoms with Crippen molar-refractivity contribution in [2.24, 2.45) is 7.05 Å². The van der Waals surface area contributed by atoms with Gasteiger partial charge in [-0.1, -0.05) is 6.07 Å². The van der Waals surface area contributed by atoms with Crippen LogP contribution in [0.3, 0.4) is 0 Å². The number of pyridine rings is 1. The van der Waals surface area contributed by atoms with E-state index in [1.54, 1.807) is 24.8 Å². The van der Waals surface area contributed by atoms with Gasteiger partial charge >= 0.3 is 0 Å². The maximum Gasteiger partial charge on any atom is 0.250 e. The van der Waals surface area contributed by atoms with Crippen molar-refractivity contribution in [3.05, 3.63) is 58.0 Å². The Bertz CT molecular complexity index is 691. The number of nitrogens with zero attached hydrogens (tertiary/aromatic N) is 1. The minimum atomic E-state index is 0.00374. The normalized spacial score (nSPS) is 16.8. The summed E-state index contributed by atoms with van der Waals surface area (Å²) in [6.45, 7) is 0. The van der Waals surface area contributed by atoms with Gasteiger partial charge in [-0.05, 0) is 42.2 Å². The number of methoxy groups -OCH3 is 1. The zero-order chi connectivity index (χ0) is 14.1. The predicted octanol–water partition coefficient (Wildman–Crippen LogP) is 2.49. The van der Waals surface area contributed by atoms with Crippen molar-refractivity contribution in [1.82, 2.24) is 4.57 Å². The van der Waals surface area contributed by atoms with E-state index in [0.717, 1.165) is 24.3 Å². The maximum atomic E-state index is 11.4. The van der Waals surface area contributed by atoms with E-state index in [1.165, 1.54) is 11.1 Å². The molecule has 0 spiro atoms. The minimum Gasteiger partial charge on any atom is -0.497 e. The topological polar surface area (TPSA) is 43.3 Å². The van der Waals surface area contributed by atoms with Crippen LogP contribution in [0.15, 0.2) is 41.3 Å². The Morgan fingerprint density at radius 1 is 1.30 bits per heavy atom. The molecule has 1 aromatic heterocycles. The Balaban J connectivity index is 1.87. The van der Waals surface area contributed by atoms with Crippen molar-refractivity contribution in [2.75, 3.05) is 12.4 Å². The van der Waals surface area contributed by atoms with Crippen LogP contribution in [-0.2, 0) is 13.5 Å². The summed E-state index contributed by atoms with van der Waals surface area (Å²) in [5.74, 6) is 0.887. The third-order valence-electron chi connectivity index (χ3n) is 3.86. The summed E-state index contributed by atoms with van der Waals surface area (Å²) in [5, 5.41) is 3.50. The zero-order valence-electron chi connectivity index (χ0n) is 11.7. The Labute approximate surface area is 118 Å². The molecule has 20 heavy (non-hydrogen) atoms. The van der Waals surface area contributed by atoms with Gasteiger partial charge in [0.05, 0.1) is 18.8 Å². The molecule has 1 N–H and O–H groups in total. The minimum absolute atomic E-state index is 0.00374. The van der Waals surface area contributed by atoms with E-state index >= 15 is 0 Å². The third kappa shape index (κ3) is 2.29. The number of aromatic nitrogens is 1. The SMILES string of the molecule is COc1ccc2c(c1)C(Nc1ccc(=O)n(C)c1)CC2. The monoisotopic (exact) mass is 270 g/mol. The van der Waals surface area contributed by atoms with E-state index < -0.39 is 0 Å². The third-order valence-corrected chi connectivity index (χ3v) is 3.86. The van der Waals surface area contributed by atoms with Gasteiger partial charge in [0.25, 0.3) is 0 Å². The molecule has 0 amide bonds. The van der Waals surface area contributed by atoms with Gasteiger partial charge in [0.15, 0.2) is 0 Å². The number of benzene rings is 1. The molecular weight excluding hydrogens is 252 g/mol. The Morgan fingerprint density at radius 2 is 2.15 bits per heavy atom. The average Bonchev–Trinajstić information content (AvgIpc) is 2.85. The van der Waals surface area contributed by atoms with Gasteiger partial charge in [0.2, 0.25) is 5.56 Å². The number of ether oxygens (including phenoxy) is 1. The fourth-order valence-electron chi connectivity index (χ4n) is 2.74. The van der Waals surface area contributed by atoms with Crippen molar-refractivity contribution in [3.63, 3.8) is 0 Å². The van der Waals surface area contributed by atoms with E-state index in [0.29, 0.717) is 0 Å². The molecular formula is C16H18N2O2. The largest absolute Gasteiger partial charge is 0.497 e. The molecule has 0 saturated carbocycles. The van der Waals surface area contributed by atoms with Crippen LogP contribution >= 0.6 is 0 Å². The highest BCUT2D eigenvalue weighted by atomic mass is 16.5. The van der Waals surface area contributed by atoms with Gasteiger partial charge in [-0.25, -0.2) is 0 Å². The van der Waals surface area contributed by atoms with Crippen LogP contribution < -0.4 is 15.6 Å². The molecule has 4 nitrogen and oxygen atoms in total. The first-order valence-corrected chi connectivity index (χ1v) is 6.77. The van der Waals surface area contributed by atoms with Crippen LogP contribution in [0.25, 0.3) is 0 Å². The smallest absolute Gasteiger partial charge is 0.250 e. The van der Waals surface area contributed by atoms with Gasteiger partial charge in [-0.3, -0.25) is 4.79 Å². The highest BCUT2D eigenvalue weighted by molar-refractivity contribution is 5.48. The fourth-order valence-corrected chi connectivity index (χ4v) is 2.74. The summed E-state index contributed by atoms with van der Waals surface area (Å²) < 4.78 is 6.89. The number of hydrogen-bond donors (Lipinski definition) is 1. The molecule has 104 valence electrons. The van der Waals surface area contributed by atoms with Gasteiger partial charge in [0.1, 0.15) is 5.75 Å². The number of fused-ring (bicyclic) bond motifs is 1. The number of anilines is 1. The number of hydrogen-bond acceptors (Lipinski definition) is 3. The standard InChI is InChI=1S/C16H18N2O2/c1-18-10-12(5-8-16(18)19)17-15-7-4-11-3-6-13(20-2)9-14(11)15/h3,5-6,8-10,15,17H,4,7H2,1-2H3.